The van der Waals surface area contributed by atoms with Gasteiger partial charge in [0, 0.05) is 11.8 Å². The van der Waals surface area contributed by atoms with Gasteiger partial charge in [-0.1, -0.05) is 41.7 Å². The molecule has 0 saturated carbocycles. The molecule has 1 amide bonds. The minimum absolute atomic E-state index is 0.0527. The molecule has 0 saturated heterocycles. The standard InChI is InChI=1S/C21H17FN2O3S2/c22-15-8-10-16(11-9-15)29(26,27)13-3-6-19(25)23-21-24-20-17-5-2-1-4-14(17)7-12-18(20)28-21/h1-2,4-5,7-12H,3,6,13H2,(H,23,24,25). The van der Waals surface area contributed by atoms with Crippen LogP contribution in [0.25, 0.3) is 21.0 Å². The first-order valence-corrected chi connectivity index (χ1v) is 11.5. The molecule has 1 aromatic heterocycles. The second kappa shape index (κ2) is 7.88. The van der Waals surface area contributed by atoms with Gasteiger partial charge < -0.3 is 5.32 Å². The van der Waals surface area contributed by atoms with E-state index < -0.39 is 15.7 Å². The number of nitrogens with one attached hydrogen (secondary N) is 1. The van der Waals surface area contributed by atoms with Crippen LogP contribution in [0.5, 0.6) is 0 Å². The Labute approximate surface area is 171 Å². The van der Waals surface area contributed by atoms with Crippen molar-refractivity contribution in [1.82, 2.24) is 4.98 Å². The highest BCUT2D eigenvalue weighted by molar-refractivity contribution is 7.91. The Balaban J connectivity index is 1.40. The molecule has 5 nitrogen and oxygen atoms in total. The predicted octanol–water partition coefficient (Wildman–Crippen LogP) is 4.78. The molecule has 0 radical (unpaired) electrons. The summed E-state index contributed by atoms with van der Waals surface area (Å²) in [5.41, 5.74) is 0.835. The number of sulfone groups is 1. The number of halogens is 1. The minimum atomic E-state index is -3.55. The van der Waals surface area contributed by atoms with E-state index in [0.29, 0.717) is 5.13 Å². The van der Waals surface area contributed by atoms with E-state index in [2.05, 4.69) is 10.3 Å². The van der Waals surface area contributed by atoms with E-state index >= 15 is 0 Å². The first kappa shape index (κ1) is 19.5. The van der Waals surface area contributed by atoms with Gasteiger partial charge in [0.15, 0.2) is 15.0 Å². The number of carbonyl (C=O) groups is 1. The Hall–Kier alpha value is -2.84. The van der Waals surface area contributed by atoms with Crippen LogP contribution >= 0.6 is 11.3 Å². The molecule has 3 aromatic carbocycles. The molecule has 0 aliphatic carbocycles. The maximum Gasteiger partial charge on any atom is 0.226 e. The minimum Gasteiger partial charge on any atom is -0.302 e. The Morgan fingerprint density at radius 1 is 1.03 bits per heavy atom. The van der Waals surface area contributed by atoms with Crippen LogP contribution in [0.1, 0.15) is 12.8 Å². The number of benzene rings is 3. The monoisotopic (exact) mass is 428 g/mol. The number of hydrogen-bond donors (Lipinski definition) is 1. The third-order valence-electron chi connectivity index (χ3n) is 4.52. The molecule has 0 atom stereocenters. The first-order valence-electron chi connectivity index (χ1n) is 8.99. The maximum atomic E-state index is 13.0. The lowest BCUT2D eigenvalue weighted by Gasteiger charge is -2.04. The predicted molar refractivity (Wildman–Crippen MR) is 113 cm³/mol. The molecule has 0 spiro atoms. The molecular weight excluding hydrogens is 411 g/mol. The van der Waals surface area contributed by atoms with E-state index in [0.717, 1.165) is 33.1 Å². The molecule has 0 bridgehead atoms. The maximum absolute atomic E-state index is 13.0. The van der Waals surface area contributed by atoms with Gasteiger partial charge in [0.2, 0.25) is 5.91 Å². The highest BCUT2D eigenvalue weighted by Crippen LogP contribution is 2.31. The zero-order valence-corrected chi connectivity index (χ0v) is 16.9. The molecule has 1 heterocycles. The van der Waals surface area contributed by atoms with Crippen molar-refractivity contribution < 1.29 is 17.6 Å². The lowest BCUT2D eigenvalue weighted by Crippen LogP contribution is -2.14. The second-order valence-electron chi connectivity index (χ2n) is 6.58. The SMILES string of the molecule is O=C(CCCS(=O)(=O)c1ccc(F)cc1)Nc1nc2c(ccc3ccccc32)s1. The third-order valence-corrected chi connectivity index (χ3v) is 7.27. The summed E-state index contributed by atoms with van der Waals surface area (Å²) in [4.78, 5) is 16.8. The average molecular weight is 429 g/mol. The average Bonchev–Trinajstić information content (AvgIpc) is 3.11. The van der Waals surface area contributed by atoms with Crippen molar-refractivity contribution in [2.75, 3.05) is 11.1 Å². The summed E-state index contributed by atoms with van der Waals surface area (Å²) in [6.07, 6.45) is 0.219. The van der Waals surface area contributed by atoms with Crippen molar-refractivity contribution in [1.29, 1.82) is 0 Å². The number of anilines is 1. The lowest BCUT2D eigenvalue weighted by atomic mass is 10.1. The van der Waals surface area contributed by atoms with Gasteiger partial charge in [-0.15, -0.1) is 0 Å². The number of hydrogen-bond acceptors (Lipinski definition) is 5. The molecule has 8 heteroatoms. The van der Waals surface area contributed by atoms with E-state index in [1.165, 1.54) is 23.5 Å². The highest BCUT2D eigenvalue weighted by atomic mass is 32.2. The van der Waals surface area contributed by atoms with Gasteiger partial charge in [0.05, 0.1) is 20.9 Å². The van der Waals surface area contributed by atoms with E-state index in [9.17, 15) is 17.6 Å². The van der Waals surface area contributed by atoms with Gasteiger partial charge in [-0.3, -0.25) is 4.79 Å². The van der Waals surface area contributed by atoms with Gasteiger partial charge in [-0.2, -0.15) is 0 Å². The van der Waals surface area contributed by atoms with Crippen molar-refractivity contribution in [3.8, 4) is 0 Å². The summed E-state index contributed by atoms with van der Waals surface area (Å²) >= 11 is 1.38. The molecule has 4 rings (SSSR count). The van der Waals surface area contributed by atoms with E-state index in [1.54, 1.807) is 0 Å². The number of fused-ring (bicyclic) bond motifs is 3. The fourth-order valence-electron chi connectivity index (χ4n) is 3.08. The molecule has 148 valence electrons. The quantitative estimate of drug-likeness (QED) is 0.449. The summed E-state index contributed by atoms with van der Waals surface area (Å²) in [7, 11) is -3.55. The number of rotatable bonds is 6. The van der Waals surface area contributed by atoms with Crippen LogP contribution in [-0.2, 0) is 14.6 Å². The van der Waals surface area contributed by atoms with Crippen LogP contribution in [0.15, 0.2) is 65.6 Å². The van der Waals surface area contributed by atoms with Crippen LogP contribution in [0, 0.1) is 5.82 Å². The lowest BCUT2D eigenvalue weighted by molar-refractivity contribution is -0.116. The molecule has 1 N–H and O–H groups in total. The Morgan fingerprint density at radius 2 is 1.79 bits per heavy atom. The van der Waals surface area contributed by atoms with Gasteiger partial charge in [-0.05, 0) is 42.1 Å². The summed E-state index contributed by atoms with van der Waals surface area (Å²) < 4.78 is 38.4. The number of nitrogens with zero attached hydrogens (tertiary/aromatic N) is 1. The molecule has 4 aromatic rings. The highest BCUT2D eigenvalue weighted by Gasteiger charge is 2.16. The largest absolute Gasteiger partial charge is 0.302 e. The number of aromatic nitrogens is 1. The van der Waals surface area contributed by atoms with Gasteiger partial charge in [-0.25, -0.2) is 17.8 Å². The Morgan fingerprint density at radius 3 is 2.59 bits per heavy atom. The van der Waals surface area contributed by atoms with E-state index in [4.69, 9.17) is 0 Å². The first-order chi connectivity index (χ1) is 13.9. The molecule has 0 aliphatic rings. The molecule has 0 fully saturated rings. The third kappa shape index (κ3) is 4.28. The van der Waals surface area contributed by atoms with Crippen molar-refractivity contribution in [2.45, 2.75) is 17.7 Å². The smallest absolute Gasteiger partial charge is 0.226 e. The van der Waals surface area contributed by atoms with Gasteiger partial charge in [0.1, 0.15) is 5.82 Å². The summed E-state index contributed by atoms with van der Waals surface area (Å²) in [5.74, 6) is -0.967. The van der Waals surface area contributed by atoms with E-state index in [-0.39, 0.29) is 29.4 Å². The second-order valence-corrected chi connectivity index (χ2v) is 9.72. The molecule has 0 unspecified atom stereocenters. The topological polar surface area (TPSA) is 76.1 Å². The number of carbonyl (C=O) groups excluding carboxylic acids is 1. The van der Waals surface area contributed by atoms with Crippen molar-refractivity contribution >= 4 is 53.2 Å². The van der Waals surface area contributed by atoms with E-state index in [1.807, 2.05) is 36.4 Å². The summed E-state index contributed by atoms with van der Waals surface area (Å²) in [5, 5.41) is 5.34. The van der Waals surface area contributed by atoms with Crippen LogP contribution in [-0.4, -0.2) is 25.1 Å². The van der Waals surface area contributed by atoms with Crippen molar-refractivity contribution in [2.24, 2.45) is 0 Å². The van der Waals surface area contributed by atoms with Crippen LogP contribution < -0.4 is 5.32 Å². The normalized spacial score (nSPS) is 11.8. The fourth-order valence-corrected chi connectivity index (χ4v) is 5.29. The number of amides is 1. The molecule has 29 heavy (non-hydrogen) atoms. The number of thiazole rings is 1. The zero-order valence-electron chi connectivity index (χ0n) is 15.3. The van der Waals surface area contributed by atoms with Gasteiger partial charge in [0.25, 0.3) is 0 Å². The van der Waals surface area contributed by atoms with Crippen molar-refractivity contribution in [3.05, 3.63) is 66.5 Å². The Kier molecular flexibility index (Phi) is 5.29. The van der Waals surface area contributed by atoms with Gasteiger partial charge >= 0.3 is 0 Å². The molecular formula is C21H17FN2O3S2. The Bertz CT molecular complexity index is 1300. The summed E-state index contributed by atoms with van der Waals surface area (Å²) in [6.45, 7) is 0. The van der Waals surface area contributed by atoms with Crippen molar-refractivity contribution in [3.63, 3.8) is 0 Å². The summed E-state index contributed by atoms with van der Waals surface area (Å²) in [6, 6.07) is 16.6. The fraction of sp³-hybridized carbons (Fsp3) is 0.143. The zero-order chi connectivity index (χ0) is 20.4. The van der Waals surface area contributed by atoms with Crippen LogP contribution in [0.4, 0.5) is 9.52 Å². The molecule has 0 aliphatic heterocycles. The van der Waals surface area contributed by atoms with Crippen LogP contribution in [0.2, 0.25) is 0 Å². The van der Waals surface area contributed by atoms with Crippen LogP contribution in [0.3, 0.4) is 0 Å².